The Morgan fingerprint density at radius 1 is 1.23 bits per heavy atom. The van der Waals surface area contributed by atoms with Gasteiger partial charge < -0.3 is 9.64 Å². The van der Waals surface area contributed by atoms with E-state index in [0.717, 1.165) is 18.5 Å². The molecule has 2 aromatic rings. The number of rotatable bonds is 5. The minimum absolute atomic E-state index is 0.0186. The molecule has 0 atom stereocenters. The molecule has 1 saturated heterocycles. The van der Waals surface area contributed by atoms with Gasteiger partial charge in [0.15, 0.2) is 0 Å². The number of nitrogens with one attached hydrogen (secondary N) is 1. The van der Waals surface area contributed by atoms with Gasteiger partial charge in [-0.05, 0) is 18.9 Å². The van der Waals surface area contributed by atoms with E-state index < -0.39 is 0 Å². The van der Waals surface area contributed by atoms with E-state index in [4.69, 9.17) is 4.74 Å². The monoisotopic (exact) mass is 357 g/mol. The zero-order valence-corrected chi connectivity index (χ0v) is 14.8. The molecule has 1 aromatic carbocycles. The van der Waals surface area contributed by atoms with Crippen molar-refractivity contribution in [1.29, 1.82) is 0 Å². The largest absolute Gasteiger partial charge is 0.370 e. The molecule has 0 radical (unpaired) electrons. The Balaban J connectivity index is 1.31. The highest BCUT2D eigenvalue weighted by Gasteiger charge is 2.34. The highest BCUT2D eigenvalue weighted by molar-refractivity contribution is 5.95. The van der Waals surface area contributed by atoms with Crippen LogP contribution in [-0.2, 0) is 11.3 Å². The number of hydrogen-bond acceptors (Lipinski definition) is 3. The van der Waals surface area contributed by atoms with E-state index in [0.29, 0.717) is 30.1 Å². The molecule has 138 valence electrons. The molecule has 0 spiro atoms. The maximum atomic E-state index is 13.6. The zero-order chi connectivity index (χ0) is 17.9. The molecule has 4 rings (SSSR count). The van der Waals surface area contributed by atoms with Crippen LogP contribution in [0.2, 0.25) is 0 Å². The molecule has 6 heteroatoms. The Hall–Kier alpha value is -2.21. The predicted octanol–water partition coefficient (Wildman–Crippen LogP) is 3.64. The molecule has 1 aliphatic carbocycles. The Bertz CT molecular complexity index is 764. The number of aromatic amines is 1. The van der Waals surface area contributed by atoms with Gasteiger partial charge in [0.25, 0.3) is 5.91 Å². The van der Waals surface area contributed by atoms with Gasteiger partial charge in [0.1, 0.15) is 5.82 Å². The van der Waals surface area contributed by atoms with Crippen LogP contribution in [0.25, 0.3) is 0 Å². The number of likely N-dealkylation sites (tertiary alicyclic amines) is 1. The number of benzene rings is 1. The quantitative estimate of drug-likeness (QED) is 0.889. The summed E-state index contributed by atoms with van der Waals surface area (Å²) in [7, 11) is 0. The molecule has 2 aliphatic rings. The van der Waals surface area contributed by atoms with Crippen LogP contribution in [0.4, 0.5) is 4.39 Å². The van der Waals surface area contributed by atoms with Crippen molar-refractivity contribution in [2.45, 2.75) is 50.7 Å². The second-order valence-electron chi connectivity index (χ2n) is 7.27. The van der Waals surface area contributed by atoms with Crippen molar-refractivity contribution in [3.05, 3.63) is 53.1 Å². The average Bonchev–Trinajstić information content (AvgIpc) is 3.12. The third-order valence-electron chi connectivity index (χ3n) is 5.48. The van der Waals surface area contributed by atoms with Gasteiger partial charge in [-0.1, -0.05) is 37.5 Å². The normalized spacial score (nSPS) is 18.7. The summed E-state index contributed by atoms with van der Waals surface area (Å²) >= 11 is 0. The molecule has 1 amide bonds. The van der Waals surface area contributed by atoms with Gasteiger partial charge in [0, 0.05) is 24.6 Å². The maximum absolute atomic E-state index is 13.6. The SMILES string of the molecule is O=C(c1cn[nH]c1C1CCCCC1)N1CC(OCc2ccccc2F)C1. The average molecular weight is 357 g/mol. The summed E-state index contributed by atoms with van der Waals surface area (Å²) in [6.07, 6.45) is 7.57. The third kappa shape index (κ3) is 3.51. The molecule has 1 saturated carbocycles. The summed E-state index contributed by atoms with van der Waals surface area (Å²) in [4.78, 5) is 14.6. The van der Waals surface area contributed by atoms with Crippen LogP contribution >= 0.6 is 0 Å². The second kappa shape index (κ2) is 7.58. The summed E-state index contributed by atoms with van der Waals surface area (Å²) in [6, 6.07) is 6.61. The van der Waals surface area contributed by atoms with Crippen molar-refractivity contribution < 1.29 is 13.9 Å². The highest BCUT2D eigenvalue weighted by Crippen LogP contribution is 2.34. The van der Waals surface area contributed by atoms with Gasteiger partial charge in [0.05, 0.1) is 30.2 Å². The Kier molecular flexibility index (Phi) is 5.02. The van der Waals surface area contributed by atoms with E-state index in [-0.39, 0.29) is 24.4 Å². The molecular weight excluding hydrogens is 333 g/mol. The number of carbonyl (C=O) groups excluding carboxylic acids is 1. The van der Waals surface area contributed by atoms with Gasteiger partial charge in [-0.2, -0.15) is 5.10 Å². The molecule has 2 fully saturated rings. The maximum Gasteiger partial charge on any atom is 0.257 e. The Morgan fingerprint density at radius 2 is 2.00 bits per heavy atom. The van der Waals surface area contributed by atoms with Crippen molar-refractivity contribution in [1.82, 2.24) is 15.1 Å². The number of halogens is 1. The summed E-state index contributed by atoms with van der Waals surface area (Å²) < 4.78 is 19.4. The minimum atomic E-state index is -0.254. The molecule has 1 aliphatic heterocycles. The standard InChI is InChI=1S/C20H24FN3O2/c21-18-9-5-4-8-15(18)13-26-16-11-24(12-16)20(25)17-10-22-23-19(17)14-6-2-1-3-7-14/h4-5,8-10,14,16H,1-3,6-7,11-13H2,(H,22,23). The first kappa shape index (κ1) is 17.2. The van der Waals surface area contributed by atoms with E-state index in [1.165, 1.54) is 25.3 Å². The fourth-order valence-electron chi connectivity index (χ4n) is 3.87. The van der Waals surface area contributed by atoms with Gasteiger partial charge in [-0.3, -0.25) is 9.89 Å². The van der Waals surface area contributed by atoms with Crippen molar-refractivity contribution in [3.63, 3.8) is 0 Å². The molecule has 0 bridgehead atoms. The molecule has 26 heavy (non-hydrogen) atoms. The summed E-state index contributed by atoms with van der Waals surface area (Å²) in [5, 5.41) is 7.17. The van der Waals surface area contributed by atoms with E-state index >= 15 is 0 Å². The number of nitrogens with zero attached hydrogens (tertiary/aromatic N) is 2. The van der Waals surface area contributed by atoms with Crippen LogP contribution in [0.1, 0.15) is 59.6 Å². The van der Waals surface area contributed by atoms with Crippen LogP contribution < -0.4 is 0 Å². The van der Waals surface area contributed by atoms with E-state index in [9.17, 15) is 9.18 Å². The van der Waals surface area contributed by atoms with Crippen molar-refractivity contribution in [3.8, 4) is 0 Å². The fraction of sp³-hybridized carbons (Fsp3) is 0.500. The molecule has 5 nitrogen and oxygen atoms in total. The lowest BCUT2D eigenvalue weighted by Gasteiger charge is -2.39. The smallest absolute Gasteiger partial charge is 0.257 e. The van der Waals surface area contributed by atoms with Gasteiger partial charge in [-0.15, -0.1) is 0 Å². The summed E-state index contributed by atoms with van der Waals surface area (Å²) in [5.74, 6) is 0.180. The molecular formula is C20H24FN3O2. The van der Waals surface area contributed by atoms with Gasteiger partial charge in [-0.25, -0.2) is 4.39 Å². The van der Waals surface area contributed by atoms with Crippen LogP contribution in [0.15, 0.2) is 30.5 Å². The first-order valence-corrected chi connectivity index (χ1v) is 9.40. The number of carbonyl (C=O) groups is 1. The Morgan fingerprint density at radius 3 is 2.77 bits per heavy atom. The van der Waals surface area contributed by atoms with Crippen molar-refractivity contribution in [2.24, 2.45) is 0 Å². The van der Waals surface area contributed by atoms with Gasteiger partial charge >= 0.3 is 0 Å². The predicted molar refractivity (Wildman–Crippen MR) is 95.3 cm³/mol. The van der Waals surface area contributed by atoms with Crippen LogP contribution in [0, 0.1) is 5.82 Å². The van der Waals surface area contributed by atoms with E-state index in [1.54, 1.807) is 29.3 Å². The molecule has 2 heterocycles. The molecule has 0 unspecified atom stereocenters. The number of H-pyrrole nitrogens is 1. The molecule has 1 aromatic heterocycles. The minimum Gasteiger partial charge on any atom is -0.370 e. The van der Waals surface area contributed by atoms with Crippen molar-refractivity contribution in [2.75, 3.05) is 13.1 Å². The van der Waals surface area contributed by atoms with E-state index in [1.807, 2.05) is 0 Å². The number of ether oxygens (including phenoxy) is 1. The number of amides is 1. The van der Waals surface area contributed by atoms with Crippen LogP contribution in [0.3, 0.4) is 0 Å². The van der Waals surface area contributed by atoms with Crippen molar-refractivity contribution >= 4 is 5.91 Å². The number of hydrogen-bond donors (Lipinski definition) is 1. The fourth-order valence-corrected chi connectivity index (χ4v) is 3.87. The lowest BCUT2D eigenvalue weighted by Crippen LogP contribution is -2.54. The second-order valence-corrected chi connectivity index (χ2v) is 7.27. The lowest BCUT2D eigenvalue weighted by atomic mass is 9.85. The lowest BCUT2D eigenvalue weighted by molar-refractivity contribution is -0.0510. The van der Waals surface area contributed by atoms with E-state index in [2.05, 4.69) is 10.2 Å². The van der Waals surface area contributed by atoms with Gasteiger partial charge in [0.2, 0.25) is 0 Å². The topological polar surface area (TPSA) is 58.2 Å². The highest BCUT2D eigenvalue weighted by atomic mass is 19.1. The number of aromatic nitrogens is 2. The first-order valence-electron chi connectivity index (χ1n) is 9.40. The third-order valence-corrected chi connectivity index (χ3v) is 5.48. The Labute approximate surface area is 152 Å². The zero-order valence-electron chi connectivity index (χ0n) is 14.8. The van der Waals surface area contributed by atoms with Crippen LogP contribution in [0.5, 0.6) is 0 Å². The summed E-state index contributed by atoms with van der Waals surface area (Å²) in [6.45, 7) is 1.32. The summed E-state index contributed by atoms with van der Waals surface area (Å²) in [5.41, 5.74) is 2.24. The first-order chi connectivity index (χ1) is 12.7. The van der Waals surface area contributed by atoms with Crippen LogP contribution in [-0.4, -0.2) is 40.2 Å². The molecule has 1 N–H and O–H groups in total.